The number of nitrogens with two attached hydrogens (primary N) is 1. The van der Waals surface area contributed by atoms with Crippen molar-refractivity contribution in [1.82, 2.24) is 19.8 Å². The van der Waals surface area contributed by atoms with E-state index < -0.39 is 5.91 Å². The molecule has 2 atom stereocenters. The van der Waals surface area contributed by atoms with Crippen molar-refractivity contribution in [3.63, 3.8) is 0 Å². The molecule has 7 heteroatoms. The molecule has 2 N–H and O–H groups in total. The number of nitrogens with zero attached hydrogens (tertiary/aromatic N) is 5. The van der Waals surface area contributed by atoms with Crippen LogP contribution < -0.4 is 10.6 Å². The number of aromatic nitrogens is 2. The van der Waals surface area contributed by atoms with Crippen LogP contribution in [0.3, 0.4) is 0 Å². The number of primary amides is 1. The number of hydrogen-bond acceptors (Lipinski definition) is 6. The standard InChI is InChI=1S/C17H28N6O/c1-13-3-4-14(2)23(13)12-9-21-7-10-22(11-8-21)17-15(16(18)24)19-5-6-20-17/h5-6,13-14H,3-4,7-12H2,1-2H3,(H2,18,24). The molecule has 0 saturated carbocycles. The van der Waals surface area contributed by atoms with Crippen molar-refractivity contribution in [1.29, 1.82) is 0 Å². The minimum absolute atomic E-state index is 0.269. The van der Waals surface area contributed by atoms with Gasteiger partial charge in [-0.15, -0.1) is 0 Å². The van der Waals surface area contributed by atoms with Gasteiger partial charge >= 0.3 is 0 Å². The number of hydrogen-bond donors (Lipinski definition) is 1. The summed E-state index contributed by atoms with van der Waals surface area (Å²) in [7, 11) is 0. The average Bonchev–Trinajstić information content (AvgIpc) is 2.92. The summed E-state index contributed by atoms with van der Waals surface area (Å²) in [6.45, 7) is 10.6. The van der Waals surface area contributed by atoms with Crippen molar-refractivity contribution in [2.45, 2.75) is 38.8 Å². The third-order valence-electron chi connectivity index (χ3n) is 5.39. The highest BCUT2D eigenvalue weighted by Crippen LogP contribution is 2.23. The molecule has 0 spiro atoms. The minimum Gasteiger partial charge on any atom is -0.364 e. The zero-order valence-corrected chi connectivity index (χ0v) is 14.7. The van der Waals surface area contributed by atoms with E-state index in [1.54, 1.807) is 6.20 Å². The first kappa shape index (κ1) is 17.1. The quantitative estimate of drug-likeness (QED) is 0.849. The van der Waals surface area contributed by atoms with E-state index >= 15 is 0 Å². The molecule has 2 saturated heterocycles. The predicted molar refractivity (Wildman–Crippen MR) is 94.1 cm³/mol. The van der Waals surface area contributed by atoms with Gasteiger partial charge < -0.3 is 10.6 Å². The maximum absolute atomic E-state index is 11.5. The van der Waals surface area contributed by atoms with Crippen LogP contribution in [0.4, 0.5) is 5.82 Å². The van der Waals surface area contributed by atoms with Crippen LogP contribution in [0.15, 0.2) is 12.4 Å². The van der Waals surface area contributed by atoms with Gasteiger partial charge in [0.15, 0.2) is 11.5 Å². The van der Waals surface area contributed by atoms with Crippen molar-refractivity contribution in [3.8, 4) is 0 Å². The number of likely N-dealkylation sites (tertiary alicyclic amines) is 1. The van der Waals surface area contributed by atoms with E-state index in [0.29, 0.717) is 17.9 Å². The number of rotatable bonds is 5. The van der Waals surface area contributed by atoms with E-state index in [-0.39, 0.29) is 5.69 Å². The Balaban J connectivity index is 1.52. The Morgan fingerprint density at radius 1 is 1.08 bits per heavy atom. The first-order valence-corrected chi connectivity index (χ1v) is 8.90. The molecule has 0 radical (unpaired) electrons. The lowest BCUT2D eigenvalue weighted by molar-refractivity contribution is 0.0995. The zero-order chi connectivity index (χ0) is 17.1. The van der Waals surface area contributed by atoms with Crippen LogP contribution in [0, 0.1) is 0 Å². The molecule has 1 aromatic rings. The van der Waals surface area contributed by atoms with Crippen LogP contribution in [0.5, 0.6) is 0 Å². The largest absolute Gasteiger partial charge is 0.364 e. The molecule has 2 fully saturated rings. The van der Waals surface area contributed by atoms with Gasteiger partial charge in [-0.25, -0.2) is 9.97 Å². The number of amides is 1. The summed E-state index contributed by atoms with van der Waals surface area (Å²) in [4.78, 5) is 27.1. The molecule has 1 amide bonds. The van der Waals surface area contributed by atoms with Crippen molar-refractivity contribution < 1.29 is 4.79 Å². The second kappa shape index (κ2) is 7.44. The molecular weight excluding hydrogens is 304 g/mol. The monoisotopic (exact) mass is 332 g/mol. The average molecular weight is 332 g/mol. The molecule has 0 aromatic carbocycles. The minimum atomic E-state index is -0.516. The van der Waals surface area contributed by atoms with Gasteiger partial charge in [-0.05, 0) is 26.7 Å². The fourth-order valence-electron chi connectivity index (χ4n) is 3.87. The maximum Gasteiger partial charge on any atom is 0.271 e. The van der Waals surface area contributed by atoms with Gasteiger partial charge in [0.2, 0.25) is 0 Å². The molecule has 2 unspecified atom stereocenters. The third kappa shape index (κ3) is 3.67. The van der Waals surface area contributed by atoms with E-state index in [1.165, 1.54) is 19.0 Å². The molecule has 132 valence electrons. The van der Waals surface area contributed by atoms with Crippen LogP contribution >= 0.6 is 0 Å². The van der Waals surface area contributed by atoms with Crippen LogP contribution in [-0.4, -0.2) is 77.0 Å². The topological polar surface area (TPSA) is 78.6 Å². The van der Waals surface area contributed by atoms with Crippen LogP contribution in [0.25, 0.3) is 0 Å². The zero-order valence-electron chi connectivity index (χ0n) is 14.7. The summed E-state index contributed by atoms with van der Waals surface area (Å²) in [5.41, 5.74) is 5.68. The first-order chi connectivity index (χ1) is 11.6. The van der Waals surface area contributed by atoms with E-state index in [0.717, 1.165) is 39.3 Å². The molecular formula is C17H28N6O. The summed E-state index contributed by atoms with van der Waals surface area (Å²) in [5.74, 6) is 0.101. The Morgan fingerprint density at radius 2 is 1.71 bits per heavy atom. The highest BCUT2D eigenvalue weighted by Gasteiger charge is 2.28. The van der Waals surface area contributed by atoms with Gasteiger partial charge in [0, 0.05) is 63.7 Å². The summed E-state index contributed by atoms with van der Waals surface area (Å²) in [5, 5.41) is 0. The Kier molecular flexibility index (Phi) is 5.30. The van der Waals surface area contributed by atoms with Crippen molar-refractivity contribution in [2.24, 2.45) is 5.73 Å². The van der Waals surface area contributed by atoms with Gasteiger partial charge in [-0.3, -0.25) is 14.6 Å². The van der Waals surface area contributed by atoms with Crippen molar-refractivity contribution >= 4 is 11.7 Å². The number of piperazine rings is 1. The summed E-state index contributed by atoms with van der Waals surface area (Å²) >= 11 is 0. The van der Waals surface area contributed by atoms with E-state index in [2.05, 4.69) is 38.5 Å². The number of carbonyl (C=O) groups is 1. The predicted octanol–water partition coefficient (Wildman–Crippen LogP) is 0.570. The Labute approximate surface area is 143 Å². The Bertz CT molecular complexity index is 562. The molecule has 0 bridgehead atoms. The van der Waals surface area contributed by atoms with Gasteiger partial charge in [-0.1, -0.05) is 0 Å². The molecule has 0 aliphatic carbocycles. The fraction of sp³-hybridized carbons (Fsp3) is 0.706. The van der Waals surface area contributed by atoms with Crippen LogP contribution in [0.2, 0.25) is 0 Å². The Hall–Kier alpha value is -1.73. The highest BCUT2D eigenvalue weighted by molar-refractivity contribution is 5.95. The van der Waals surface area contributed by atoms with Gasteiger partial charge in [0.25, 0.3) is 5.91 Å². The number of carbonyl (C=O) groups excluding carboxylic acids is 1. The van der Waals surface area contributed by atoms with Crippen LogP contribution in [0.1, 0.15) is 37.2 Å². The molecule has 3 rings (SSSR count). The molecule has 2 aliphatic rings. The second-order valence-electron chi connectivity index (χ2n) is 6.93. The normalized spacial score (nSPS) is 26.0. The lowest BCUT2D eigenvalue weighted by atomic mass is 10.2. The van der Waals surface area contributed by atoms with E-state index in [1.807, 2.05) is 0 Å². The smallest absolute Gasteiger partial charge is 0.271 e. The lowest BCUT2D eigenvalue weighted by Gasteiger charge is -2.37. The SMILES string of the molecule is CC1CCC(C)N1CCN1CCN(c2nccnc2C(N)=O)CC1. The van der Waals surface area contributed by atoms with Gasteiger partial charge in [0.1, 0.15) is 0 Å². The van der Waals surface area contributed by atoms with Gasteiger partial charge in [0.05, 0.1) is 0 Å². The van der Waals surface area contributed by atoms with Gasteiger partial charge in [-0.2, -0.15) is 0 Å². The van der Waals surface area contributed by atoms with E-state index in [4.69, 9.17) is 5.73 Å². The highest BCUT2D eigenvalue weighted by atomic mass is 16.1. The summed E-state index contributed by atoms with van der Waals surface area (Å²) in [6.07, 6.45) is 5.76. The van der Waals surface area contributed by atoms with E-state index in [9.17, 15) is 4.79 Å². The summed E-state index contributed by atoms with van der Waals surface area (Å²) in [6, 6.07) is 1.41. The third-order valence-corrected chi connectivity index (χ3v) is 5.39. The molecule has 1 aromatic heterocycles. The van der Waals surface area contributed by atoms with Crippen LogP contribution in [-0.2, 0) is 0 Å². The summed E-state index contributed by atoms with van der Waals surface area (Å²) < 4.78 is 0. The molecule has 24 heavy (non-hydrogen) atoms. The lowest BCUT2D eigenvalue weighted by Crippen LogP contribution is -2.50. The molecule has 3 heterocycles. The Morgan fingerprint density at radius 3 is 2.33 bits per heavy atom. The molecule has 7 nitrogen and oxygen atoms in total. The van der Waals surface area contributed by atoms with Crippen molar-refractivity contribution in [2.75, 3.05) is 44.2 Å². The first-order valence-electron chi connectivity index (χ1n) is 8.90. The van der Waals surface area contributed by atoms with Crippen molar-refractivity contribution in [3.05, 3.63) is 18.1 Å². The fourth-order valence-corrected chi connectivity index (χ4v) is 3.87. The second-order valence-corrected chi connectivity index (χ2v) is 6.93. The maximum atomic E-state index is 11.5. The molecule has 2 aliphatic heterocycles. The number of anilines is 1.